The molecule has 6 nitrogen and oxygen atoms in total. The summed E-state index contributed by atoms with van der Waals surface area (Å²) in [5, 5.41) is 18.8. The van der Waals surface area contributed by atoms with Gasteiger partial charge in [0.05, 0.1) is 5.71 Å². The largest absolute Gasteiger partial charge is 0.508 e. The Hall–Kier alpha value is -1.88. The zero-order valence-electron chi connectivity index (χ0n) is 12.5. The number of aryl methyl sites for hydroxylation is 1. The van der Waals surface area contributed by atoms with Gasteiger partial charge in [-0.15, -0.1) is 0 Å². The molecule has 1 aromatic carbocycles. The Bertz CT molecular complexity index is 672. The summed E-state index contributed by atoms with van der Waals surface area (Å²) in [6.45, 7) is 0. The Morgan fingerprint density at radius 3 is 2.39 bits per heavy atom. The van der Waals surface area contributed by atoms with Crippen LogP contribution >= 0.6 is 7.75 Å². The van der Waals surface area contributed by atoms with Crippen LogP contribution in [0.2, 0.25) is 0 Å². The van der Waals surface area contributed by atoms with E-state index in [-0.39, 0.29) is 17.4 Å². The van der Waals surface area contributed by atoms with Gasteiger partial charge in [0.25, 0.3) is 0 Å². The van der Waals surface area contributed by atoms with Gasteiger partial charge in [0.15, 0.2) is 0 Å². The molecule has 1 unspecified atom stereocenters. The molecule has 1 aliphatic carbocycles. The molecule has 0 amide bonds. The van der Waals surface area contributed by atoms with E-state index < -0.39 is 7.75 Å². The maximum Gasteiger partial charge on any atom is 0.448 e. The lowest BCUT2D eigenvalue weighted by Crippen LogP contribution is -2.14. The molecule has 1 aromatic rings. The smallest absolute Gasteiger partial charge is 0.448 e. The van der Waals surface area contributed by atoms with E-state index in [9.17, 15) is 14.8 Å². The molecule has 4 N–H and O–H groups in total. The van der Waals surface area contributed by atoms with Crippen LogP contribution in [-0.4, -0.2) is 25.7 Å². The molecule has 1 aliphatic rings. The summed E-state index contributed by atoms with van der Waals surface area (Å²) in [5.74, 6) is 0.0206. The van der Waals surface area contributed by atoms with Gasteiger partial charge in [0, 0.05) is 5.92 Å². The third kappa shape index (κ3) is 6.02. The van der Waals surface area contributed by atoms with Crippen molar-refractivity contribution in [2.75, 3.05) is 0 Å². The predicted octanol–water partition coefficient (Wildman–Crippen LogP) is 3.27. The van der Waals surface area contributed by atoms with Crippen molar-refractivity contribution in [3.8, 4) is 5.75 Å². The number of phenols is 1. The second kappa shape index (κ2) is 7.59. The number of rotatable bonds is 6. The zero-order valence-corrected chi connectivity index (χ0v) is 13.4. The molecule has 0 heterocycles. The molecule has 0 radical (unpaired) electrons. The fraction of sp³-hybridized carbons (Fsp3) is 0.312. The summed E-state index contributed by atoms with van der Waals surface area (Å²) in [6.07, 6.45) is 7.59. The number of aromatic hydroxyl groups is 1. The van der Waals surface area contributed by atoms with Crippen molar-refractivity contribution in [1.82, 2.24) is 0 Å². The van der Waals surface area contributed by atoms with Crippen molar-refractivity contribution in [2.45, 2.75) is 25.7 Å². The first-order chi connectivity index (χ1) is 10.8. The number of aliphatic hydroxyl groups is 1. The monoisotopic (exact) mass is 337 g/mol. The molecule has 2 rings (SSSR count). The highest BCUT2D eigenvalue weighted by Crippen LogP contribution is 2.38. The fourth-order valence-electron chi connectivity index (χ4n) is 2.49. The fourth-order valence-corrected chi connectivity index (χ4v) is 3.00. The first-order valence-corrected chi connectivity index (χ1v) is 8.92. The summed E-state index contributed by atoms with van der Waals surface area (Å²) < 4.78 is 14.5. The highest BCUT2D eigenvalue weighted by Gasteiger charge is 2.20. The van der Waals surface area contributed by atoms with Crippen molar-refractivity contribution in [2.24, 2.45) is 10.7 Å². The number of nitrogens with zero attached hydrogens (tertiary/aromatic N) is 1. The van der Waals surface area contributed by atoms with Crippen molar-refractivity contribution in [3.63, 3.8) is 0 Å². The average molecular weight is 337 g/mol. The average Bonchev–Trinajstić information content (AvgIpc) is 2.47. The van der Waals surface area contributed by atoms with Crippen LogP contribution in [0.3, 0.4) is 0 Å². The van der Waals surface area contributed by atoms with Gasteiger partial charge in [-0.3, -0.25) is 0 Å². The van der Waals surface area contributed by atoms with E-state index in [1.807, 2.05) is 12.1 Å². The molecule has 0 saturated carbocycles. The number of unbranched alkanes of at least 4 members (excludes halogenated alkanes) is 1. The van der Waals surface area contributed by atoms with E-state index in [1.165, 1.54) is 12.2 Å². The summed E-state index contributed by atoms with van der Waals surface area (Å²) in [4.78, 5) is 18.0. The Balaban J connectivity index is 1.89. The van der Waals surface area contributed by atoms with E-state index in [0.29, 0.717) is 12.1 Å². The van der Waals surface area contributed by atoms with Crippen LogP contribution in [0.1, 0.15) is 24.8 Å². The van der Waals surface area contributed by atoms with Crippen molar-refractivity contribution in [3.05, 3.63) is 53.8 Å². The van der Waals surface area contributed by atoms with Gasteiger partial charge < -0.3 is 20.0 Å². The summed E-state index contributed by atoms with van der Waals surface area (Å²) in [5.41, 5.74) is 1.41. The lowest BCUT2D eigenvalue weighted by Gasteiger charge is -2.17. The SMILES string of the molecule is O=P(O)(O)/N=C1\C=CC(O)=CC1CCCCc1ccc(O)cc1. The molecule has 1 atom stereocenters. The first kappa shape index (κ1) is 17.5. The van der Waals surface area contributed by atoms with Crippen molar-refractivity contribution >= 4 is 13.5 Å². The first-order valence-electron chi connectivity index (χ1n) is 7.36. The van der Waals surface area contributed by atoms with Gasteiger partial charge in [0.1, 0.15) is 11.5 Å². The van der Waals surface area contributed by atoms with Gasteiger partial charge in [-0.2, -0.15) is 4.76 Å². The van der Waals surface area contributed by atoms with E-state index in [4.69, 9.17) is 9.79 Å². The minimum atomic E-state index is -4.48. The third-order valence-electron chi connectivity index (χ3n) is 3.59. The lowest BCUT2D eigenvalue weighted by atomic mass is 9.91. The van der Waals surface area contributed by atoms with Crippen LogP contribution in [0.4, 0.5) is 0 Å². The minimum absolute atomic E-state index is 0.0817. The summed E-state index contributed by atoms with van der Waals surface area (Å²) in [7, 11) is -4.48. The number of phenolic OH excluding ortho intramolecular Hbond substituents is 1. The Morgan fingerprint density at radius 1 is 1.04 bits per heavy atom. The molecule has 0 aliphatic heterocycles. The third-order valence-corrected chi connectivity index (χ3v) is 4.08. The highest BCUT2D eigenvalue weighted by molar-refractivity contribution is 7.50. The summed E-state index contributed by atoms with van der Waals surface area (Å²) in [6, 6.07) is 7.02. The van der Waals surface area contributed by atoms with E-state index in [0.717, 1.165) is 24.8 Å². The van der Waals surface area contributed by atoms with Crippen molar-refractivity contribution < 1.29 is 24.6 Å². The van der Waals surface area contributed by atoms with Gasteiger partial charge in [0.2, 0.25) is 0 Å². The molecule has 0 aromatic heterocycles. The Morgan fingerprint density at radius 2 is 1.74 bits per heavy atom. The second-order valence-corrected chi connectivity index (χ2v) is 6.71. The second-order valence-electron chi connectivity index (χ2n) is 5.48. The maximum absolute atomic E-state index is 11.0. The lowest BCUT2D eigenvalue weighted by molar-refractivity contribution is 0.374. The molecular formula is C16H20NO5P. The van der Waals surface area contributed by atoms with E-state index in [1.54, 1.807) is 18.2 Å². The van der Waals surface area contributed by atoms with E-state index in [2.05, 4.69) is 4.76 Å². The molecule has 7 heteroatoms. The molecule has 0 saturated heterocycles. The van der Waals surface area contributed by atoms with Crippen LogP contribution in [0.25, 0.3) is 0 Å². The molecule has 0 spiro atoms. The minimum Gasteiger partial charge on any atom is -0.508 e. The standard InChI is InChI=1S/C16H20NO5P/c18-14-7-5-12(6-8-14)3-1-2-4-13-11-15(19)9-10-16(13)17-23(20,21)22/h5-11,13,18-19H,1-4H2,(H2,20,21,22)/b17-16+. The van der Waals surface area contributed by atoms with Gasteiger partial charge in [-0.05, 0) is 55.2 Å². The van der Waals surface area contributed by atoms with Crippen LogP contribution in [0.5, 0.6) is 5.75 Å². The van der Waals surface area contributed by atoms with Crippen LogP contribution in [-0.2, 0) is 11.0 Å². The van der Waals surface area contributed by atoms with Crippen LogP contribution < -0.4 is 0 Å². The number of hydrogen-bond donors (Lipinski definition) is 4. The van der Waals surface area contributed by atoms with Gasteiger partial charge in [-0.25, -0.2) is 4.57 Å². The van der Waals surface area contributed by atoms with Crippen molar-refractivity contribution in [1.29, 1.82) is 0 Å². The maximum atomic E-state index is 11.0. The van der Waals surface area contributed by atoms with E-state index >= 15 is 0 Å². The van der Waals surface area contributed by atoms with Crippen LogP contribution in [0.15, 0.2) is 53.0 Å². The van der Waals surface area contributed by atoms with Crippen LogP contribution in [0, 0.1) is 5.92 Å². The normalized spacial score (nSPS) is 19.8. The quantitative estimate of drug-likeness (QED) is 0.470. The zero-order chi connectivity index (χ0) is 16.9. The Labute approximate surface area is 134 Å². The molecule has 124 valence electrons. The molecular weight excluding hydrogens is 317 g/mol. The predicted molar refractivity (Wildman–Crippen MR) is 88.5 cm³/mol. The number of benzene rings is 1. The topological polar surface area (TPSA) is 110 Å². The van der Waals surface area contributed by atoms with Gasteiger partial charge >= 0.3 is 7.75 Å². The Kier molecular flexibility index (Phi) is 5.77. The highest BCUT2D eigenvalue weighted by atomic mass is 31.2. The summed E-state index contributed by atoms with van der Waals surface area (Å²) >= 11 is 0. The number of allylic oxidation sites excluding steroid dienone is 3. The molecule has 23 heavy (non-hydrogen) atoms. The molecule has 0 bridgehead atoms. The number of hydrogen-bond acceptors (Lipinski definition) is 3. The molecule has 0 fully saturated rings. The number of aliphatic hydroxyl groups excluding tert-OH is 1. The van der Waals surface area contributed by atoms with Gasteiger partial charge in [-0.1, -0.05) is 18.6 Å².